The van der Waals surface area contributed by atoms with Gasteiger partial charge in [0, 0.05) is 0 Å². The van der Waals surface area contributed by atoms with Gasteiger partial charge in [0.05, 0.1) is 25.4 Å². The molecule has 0 radical (unpaired) electrons. The van der Waals surface area contributed by atoms with E-state index in [2.05, 4.69) is 4.18 Å². The van der Waals surface area contributed by atoms with Gasteiger partial charge in [0.1, 0.15) is 24.4 Å². The van der Waals surface area contributed by atoms with Crippen LogP contribution < -0.4 is 0 Å². The highest BCUT2D eigenvalue weighted by molar-refractivity contribution is 7.86. The van der Waals surface area contributed by atoms with Gasteiger partial charge in [-0.3, -0.25) is 12.5 Å². The van der Waals surface area contributed by atoms with Crippen molar-refractivity contribution in [2.45, 2.75) is 50.3 Å². The Morgan fingerprint density at radius 2 is 1.52 bits per heavy atom. The second-order valence-corrected chi connectivity index (χ2v) is 11.5. The number of rotatable bonds is 8. The second-order valence-electron chi connectivity index (χ2n) is 6.66. The van der Waals surface area contributed by atoms with Crippen molar-refractivity contribution < 1.29 is 52.0 Å². The largest absolute Gasteiger partial charge is 0.341 e. The number of hydrogen-bond acceptors (Lipinski definition) is 12. The lowest BCUT2D eigenvalue weighted by atomic mass is 10.1. The Morgan fingerprint density at radius 3 is 2.00 bits per heavy atom. The first-order chi connectivity index (χ1) is 12.0. The van der Waals surface area contributed by atoms with Crippen molar-refractivity contribution in [3.8, 4) is 0 Å². The van der Waals surface area contributed by atoms with Crippen molar-refractivity contribution in [1.82, 2.24) is 0 Å². The van der Waals surface area contributed by atoms with Gasteiger partial charge in [0.2, 0.25) is 0 Å². The first kappa shape index (κ1) is 22.9. The molecule has 15 heteroatoms. The molecule has 2 aliphatic heterocycles. The summed E-state index contributed by atoms with van der Waals surface area (Å²) in [5, 5.41) is 0. The molecule has 0 bridgehead atoms. The van der Waals surface area contributed by atoms with E-state index in [0.717, 1.165) is 18.8 Å². The van der Waals surface area contributed by atoms with Gasteiger partial charge in [-0.2, -0.15) is 25.3 Å². The average Bonchev–Trinajstić information content (AvgIpc) is 2.84. The van der Waals surface area contributed by atoms with Crippen LogP contribution in [-0.4, -0.2) is 87.1 Å². The van der Waals surface area contributed by atoms with Crippen LogP contribution in [0.1, 0.15) is 13.8 Å². The Morgan fingerprint density at radius 1 is 0.926 bits per heavy atom. The van der Waals surface area contributed by atoms with E-state index in [-0.39, 0.29) is 0 Å². The molecular formula is C12H22O12S3. The molecule has 0 N–H and O–H groups in total. The summed E-state index contributed by atoms with van der Waals surface area (Å²) in [6, 6.07) is 0. The van der Waals surface area contributed by atoms with Crippen molar-refractivity contribution in [3.05, 3.63) is 0 Å². The van der Waals surface area contributed by atoms with Gasteiger partial charge < -0.3 is 14.2 Å². The van der Waals surface area contributed by atoms with Crippen LogP contribution in [-0.2, 0) is 57.1 Å². The zero-order chi connectivity index (χ0) is 20.8. The molecular weight excluding hydrogens is 432 g/mol. The van der Waals surface area contributed by atoms with Crippen LogP contribution in [0.4, 0.5) is 0 Å². The monoisotopic (exact) mass is 454 g/mol. The molecule has 0 amide bonds. The Balaban J connectivity index is 2.33. The minimum absolute atomic E-state index is 0.735. The molecule has 2 fully saturated rings. The van der Waals surface area contributed by atoms with Crippen LogP contribution >= 0.6 is 0 Å². The Kier molecular flexibility index (Phi) is 6.32. The van der Waals surface area contributed by atoms with E-state index in [4.69, 9.17) is 22.6 Å². The first-order valence-corrected chi connectivity index (χ1v) is 13.0. The molecule has 2 rings (SSSR count). The van der Waals surface area contributed by atoms with Gasteiger partial charge in [-0.25, -0.2) is 0 Å². The van der Waals surface area contributed by atoms with Gasteiger partial charge in [0.25, 0.3) is 30.4 Å². The van der Waals surface area contributed by atoms with Crippen molar-refractivity contribution in [1.29, 1.82) is 0 Å². The highest BCUT2D eigenvalue weighted by atomic mass is 32.2. The fourth-order valence-corrected chi connectivity index (χ4v) is 4.33. The van der Waals surface area contributed by atoms with Crippen molar-refractivity contribution in [2.24, 2.45) is 0 Å². The smallest absolute Gasteiger partial charge is 0.264 e. The minimum atomic E-state index is -4.08. The molecule has 0 aromatic heterocycles. The summed E-state index contributed by atoms with van der Waals surface area (Å²) in [7, 11) is -12.0. The lowest BCUT2D eigenvalue weighted by Gasteiger charge is -2.29. The SMILES string of the molecule is CC1(C)O[C@H]2O[C@@H]([C@@H](COS(C)(=O)=O)OS(C)(=O)=O)[C@@H](OS(C)(=O)=O)[C@@H]2O1. The van der Waals surface area contributed by atoms with Gasteiger partial charge in [-0.15, -0.1) is 0 Å². The standard InChI is InChI=1S/C12H22O12S3/c1-12(2)21-10-9(24-27(5,17)18)8(20-11(10)22-12)7(23-26(4,15)16)6-19-25(3,13)14/h7-11H,6H2,1-5H3/t7-,8+,9-,10+,11-/m1/s1. The molecule has 0 aromatic carbocycles. The van der Waals surface area contributed by atoms with Gasteiger partial charge in [0.15, 0.2) is 12.1 Å². The minimum Gasteiger partial charge on any atom is -0.341 e. The Bertz CT molecular complexity index is 859. The molecule has 0 aliphatic carbocycles. The third-order valence-electron chi connectivity index (χ3n) is 3.42. The summed E-state index contributed by atoms with van der Waals surface area (Å²) >= 11 is 0. The van der Waals surface area contributed by atoms with Crippen molar-refractivity contribution >= 4 is 30.4 Å². The molecule has 2 heterocycles. The topological polar surface area (TPSA) is 158 Å². The number of ether oxygens (including phenoxy) is 3. The van der Waals surface area contributed by atoms with Gasteiger partial charge in [-0.1, -0.05) is 0 Å². The van der Waals surface area contributed by atoms with E-state index in [1.807, 2.05) is 0 Å². The average molecular weight is 454 g/mol. The van der Waals surface area contributed by atoms with Crippen LogP contribution in [0.15, 0.2) is 0 Å². The Hall–Kier alpha value is -0.390. The zero-order valence-electron chi connectivity index (χ0n) is 15.2. The van der Waals surface area contributed by atoms with Gasteiger partial charge >= 0.3 is 0 Å². The molecule has 0 spiro atoms. The fourth-order valence-electron chi connectivity index (χ4n) is 2.71. The van der Waals surface area contributed by atoms with Crippen LogP contribution in [0.3, 0.4) is 0 Å². The zero-order valence-corrected chi connectivity index (χ0v) is 17.7. The van der Waals surface area contributed by atoms with E-state index in [0.29, 0.717) is 0 Å². The summed E-state index contributed by atoms with van der Waals surface area (Å²) in [5.41, 5.74) is 0. The van der Waals surface area contributed by atoms with E-state index >= 15 is 0 Å². The highest BCUT2D eigenvalue weighted by Gasteiger charge is 2.59. The van der Waals surface area contributed by atoms with Gasteiger partial charge in [-0.05, 0) is 13.8 Å². The maximum Gasteiger partial charge on any atom is 0.264 e. The maximum absolute atomic E-state index is 11.6. The summed E-state index contributed by atoms with van der Waals surface area (Å²) < 4.78 is 100. The lowest BCUT2D eigenvalue weighted by Crippen LogP contribution is -2.47. The van der Waals surface area contributed by atoms with E-state index in [1.54, 1.807) is 13.8 Å². The molecule has 12 nitrogen and oxygen atoms in total. The normalized spacial score (nSPS) is 32.3. The number of fused-ring (bicyclic) bond motifs is 1. The highest BCUT2D eigenvalue weighted by Crippen LogP contribution is 2.40. The Labute approximate surface area is 158 Å². The van der Waals surface area contributed by atoms with E-state index in [9.17, 15) is 25.3 Å². The number of hydrogen-bond donors (Lipinski definition) is 0. The quantitative estimate of drug-likeness (QED) is 0.393. The fraction of sp³-hybridized carbons (Fsp3) is 1.00. The van der Waals surface area contributed by atoms with Crippen LogP contribution in [0.25, 0.3) is 0 Å². The first-order valence-electron chi connectivity index (χ1n) is 7.58. The third kappa shape index (κ3) is 6.86. The predicted molar refractivity (Wildman–Crippen MR) is 88.9 cm³/mol. The molecule has 0 saturated carbocycles. The molecule has 2 aliphatic rings. The maximum atomic E-state index is 11.6. The molecule has 2 saturated heterocycles. The molecule has 160 valence electrons. The summed E-state index contributed by atoms with van der Waals surface area (Å²) in [6.07, 6.45) is -4.10. The summed E-state index contributed by atoms with van der Waals surface area (Å²) in [4.78, 5) is 0. The van der Waals surface area contributed by atoms with Crippen LogP contribution in [0, 0.1) is 0 Å². The second kappa shape index (κ2) is 7.46. The third-order valence-corrected chi connectivity index (χ3v) is 5.16. The molecule has 5 atom stereocenters. The van der Waals surface area contributed by atoms with Crippen LogP contribution in [0.2, 0.25) is 0 Å². The van der Waals surface area contributed by atoms with E-state index < -0.39 is 73.5 Å². The van der Waals surface area contributed by atoms with Crippen LogP contribution in [0.5, 0.6) is 0 Å². The lowest BCUT2D eigenvalue weighted by molar-refractivity contribution is -0.222. The van der Waals surface area contributed by atoms with E-state index in [1.165, 1.54) is 0 Å². The van der Waals surface area contributed by atoms with Crippen molar-refractivity contribution in [3.63, 3.8) is 0 Å². The predicted octanol–water partition coefficient (Wildman–Crippen LogP) is -1.47. The molecule has 27 heavy (non-hydrogen) atoms. The molecule has 0 unspecified atom stereocenters. The summed E-state index contributed by atoms with van der Waals surface area (Å²) in [6.45, 7) is 2.37. The summed E-state index contributed by atoms with van der Waals surface area (Å²) in [5.74, 6) is -1.10. The van der Waals surface area contributed by atoms with Crippen molar-refractivity contribution in [2.75, 3.05) is 25.4 Å². The molecule has 0 aromatic rings.